The number of oxime groups is 1. The number of ether oxygens (including phenoxy) is 3. The topological polar surface area (TPSA) is 153 Å². The van der Waals surface area contributed by atoms with E-state index in [2.05, 4.69) is 17.8 Å². The number of nitrogens with zero attached hydrogens (tertiary/aromatic N) is 3. The molecule has 2 saturated carbocycles. The molecular formula is C39H49N3O9. The van der Waals surface area contributed by atoms with Crippen LogP contribution in [-0.4, -0.2) is 77.5 Å². The monoisotopic (exact) mass is 703 g/mol. The molecule has 0 saturated heterocycles. The van der Waals surface area contributed by atoms with E-state index in [1.54, 1.807) is 29.2 Å². The molecule has 2 N–H and O–H groups in total. The normalized spacial score (nSPS) is 27.0. The molecule has 1 aliphatic heterocycles. The summed E-state index contributed by atoms with van der Waals surface area (Å²) >= 11 is 0. The number of likely N-dealkylation sites (N-methyl/N-ethyl adjacent to an activating group) is 1. The van der Waals surface area contributed by atoms with E-state index in [0.29, 0.717) is 36.5 Å². The minimum atomic E-state index is -1.29. The fourth-order valence-corrected chi connectivity index (χ4v) is 8.47. The van der Waals surface area contributed by atoms with Crippen LogP contribution in [0.15, 0.2) is 71.9 Å². The van der Waals surface area contributed by atoms with Crippen LogP contribution in [0.4, 0.5) is 5.69 Å². The molecule has 51 heavy (non-hydrogen) atoms. The summed E-state index contributed by atoms with van der Waals surface area (Å²) in [6.45, 7) is 4.33. The van der Waals surface area contributed by atoms with Crippen molar-refractivity contribution >= 4 is 17.3 Å². The van der Waals surface area contributed by atoms with Gasteiger partial charge in [-0.25, -0.2) is 0 Å². The minimum Gasteiger partial charge on any atom is -0.459 e. The maximum absolute atomic E-state index is 13.8. The number of nitro benzene ring substituents is 1. The summed E-state index contributed by atoms with van der Waals surface area (Å²) in [6, 6.07) is 11.1. The number of nitro groups is 1. The molecule has 0 bridgehead atoms. The summed E-state index contributed by atoms with van der Waals surface area (Å²) < 4.78 is 20.2. The smallest absolute Gasteiger partial charge is 0.273 e. The zero-order valence-electron chi connectivity index (χ0n) is 29.4. The second-order valence-corrected chi connectivity index (χ2v) is 14.0. The van der Waals surface area contributed by atoms with E-state index < -0.39 is 22.7 Å². The molecule has 2 fully saturated rings. The van der Waals surface area contributed by atoms with Crippen molar-refractivity contribution in [3.8, 4) is 17.2 Å². The number of non-ortho nitro benzene ring substituents is 1. The molecule has 12 nitrogen and oxygen atoms in total. The number of benzene rings is 2. The Morgan fingerprint density at radius 3 is 2.55 bits per heavy atom. The van der Waals surface area contributed by atoms with Crippen molar-refractivity contribution in [2.45, 2.75) is 75.5 Å². The number of fused-ring (bicyclic) bond motifs is 2. The molecular weight excluding hydrogens is 654 g/mol. The number of carbonyl (C=O) groups excluding carboxylic acids is 1. The number of hydrogen-bond donors (Lipinski definition) is 2. The van der Waals surface area contributed by atoms with E-state index in [-0.39, 0.29) is 55.1 Å². The van der Waals surface area contributed by atoms with Crippen LogP contribution in [0, 0.1) is 33.8 Å². The van der Waals surface area contributed by atoms with Crippen LogP contribution in [-0.2, 0) is 14.4 Å². The summed E-state index contributed by atoms with van der Waals surface area (Å²) in [5.41, 5.74) is 2.53. The first kappa shape index (κ1) is 36.5. The fourth-order valence-electron chi connectivity index (χ4n) is 8.47. The van der Waals surface area contributed by atoms with Gasteiger partial charge in [-0.1, -0.05) is 36.2 Å². The number of rotatable bonds is 17. The van der Waals surface area contributed by atoms with Gasteiger partial charge in [0.2, 0.25) is 11.7 Å². The van der Waals surface area contributed by atoms with E-state index in [9.17, 15) is 25.1 Å². The third-order valence-electron chi connectivity index (χ3n) is 10.9. The number of hydrogen-bond acceptors (Lipinski definition) is 10. The van der Waals surface area contributed by atoms with E-state index in [4.69, 9.17) is 19.0 Å². The lowest BCUT2D eigenvalue weighted by atomic mass is 9.55. The van der Waals surface area contributed by atoms with Gasteiger partial charge in [-0.2, -0.15) is 0 Å². The Balaban J connectivity index is 1.54. The Morgan fingerprint density at radius 2 is 1.86 bits per heavy atom. The maximum atomic E-state index is 13.8. The van der Waals surface area contributed by atoms with Gasteiger partial charge in [0, 0.05) is 50.1 Å². The average Bonchev–Trinajstić information content (AvgIpc) is 3.98. The lowest BCUT2D eigenvalue weighted by Gasteiger charge is -2.59. The third kappa shape index (κ3) is 7.40. The quantitative estimate of drug-likeness (QED) is 0.0812. The maximum Gasteiger partial charge on any atom is 0.273 e. The van der Waals surface area contributed by atoms with Crippen molar-refractivity contribution < 1.29 is 39.0 Å². The van der Waals surface area contributed by atoms with Crippen molar-refractivity contribution in [2.24, 2.45) is 28.8 Å². The highest BCUT2D eigenvalue weighted by molar-refractivity contribution is 6.03. The van der Waals surface area contributed by atoms with Gasteiger partial charge in [0.1, 0.15) is 30.4 Å². The number of unbranched alkanes of at least 4 members (excludes halogenated alkanes) is 2. The summed E-state index contributed by atoms with van der Waals surface area (Å²) in [6.07, 6.45) is 10.7. The van der Waals surface area contributed by atoms with Crippen LogP contribution in [0.2, 0.25) is 0 Å². The Bertz CT molecular complexity index is 1660. The molecule has 0 radical (unpaired) electrons. The van der Waals surface area contributed by atoms with Gasteiger partial charge in [0.25, 0.3) is 5.69 Å². The van der Waals surface area contributed by atoms with Gasteiger partial charge in [0.05, 0.1) is 29.2 Å². The molecule has 2 aromatic rings. The molecule has 6 atom stereocenters. The second-order valence-electron chi connectivity index (χ2n) is 14.0. The number of amides is 1. The van der Waals surface area contributed by atoms with E-state index in [0.717, 1.165) is 55.4 Å². The number of aliphatic hydroxyl groups is 2. The van der Waals surface area contributed by atoms with E-state index in [1.165, 1.54) is 19.2 Å². The molecule has 12 heteroatoms. The predicted molar refractivity (Wildman–Crippen MR) is 191 cm³/mol. The second kappa shape index (κ2) is 16.0. The summed E-state index contributed by atoms with van der Waals surface area (Å²) in [5.74, 6) is -0.266. The number of carbonyl (C=O) groups is 1. The predicted octanol–water partition coefficient (Wildman–Crippen LogP) is 6.52. The van der Waals surface area contributed by atoms with Crippen LogP contribution < -0.4 is 9.47 Å². The first-order valence-corrected chi connectivity index (χ1v) is 18.1. The van der Waals surface area contributed by atoms with Crippen LogP contribution in [0.3, 0.4) is 0 Å². The van der Waals surface area contributed by atoms with Gasteiger partial charge in [-0.15, -0.1) is 6.58 Å². The molecule has 0 aromatic heterocycles. The highest BCUT2D eigenvalue weighted by Crippen LogP contribution is 2.62. The molecule has 1 amide bonds. The van der Waals surface area contributed by atoms with Gasteiger partial charge in [-0.3, -0.25) is 14.9 Å². The van der Waals surface area contributed by atoms with E-state index >= 15 is 0 Å². The average molecular weight is 704 g/mol. The minimum absolute atomic E-state index is 0.0279. The first-order valence-electron chi connectivity index (χ1n) is 18.1. The molecule has 0 spiro atoms. The Hall–Kier alpha value is -4.26. The molecule has 1 heterocycles. The van der Waals surface area contributed by atoms with E-state index in [1.807, 2.05) is 19.2 Å². The summed E-state index contributed by atoms with van der Waals surface area (Å²) in [4.78, 5) is 32.1. The van der Waals surface area contributed by atoms with Crippen LogP contribution >= 0.6 is 0 Å². The van der Waals surface area contributed by atoms with Crippen molar-refractivity contribution in [3.05, 3.63) is 82.4 Å². The van der Waals surface area contributed by atoms with Crippen molar-refractivity contribution in [2.75, 3.05) is 34.0 Å². The van der Waals surface area contributed by atoms with Crippen LogP contribution in [0.25, 0.3) is 0 Å². The lowest BCUT2D eigenvalue weighted by molar-refractivity contribution is -0.384. The molecule has 6 unspecified atom stereocenters. The zero-order valence-corrected chi connectivity index (χ0v) is 29.4. The number of aliphatic hydroxyl groups excluding tert-OH is 2. The zero-order chi connectivity index (χ0) is 36.1. The van der Waals surface area contributed by atoms with Gasteiger partial charge >= 0.3 is 0 Å². The van der Waals surface area contributed by atoms with Crippen molar-refractivity contribution in [1.82, 2.24) is 4.90 Å². The third-order valence-corrected chi connectivity index (χ3v) is 10.9. The number of allylic oxidation sites excluding steroid dienone is 1. The Morgan fingerprint density at radius 1 is 1.12 bits per heavy atom. The van der Waals surface area contributed by atoms with Crippen molar-refractivity contribution in [3.63, 3.8) is 0 Å². The summed E-state index contributed by atoms with van der Waals surface area (Å²) in [5, 5.41) is 35.6. The molecule has 6 rings (SSSR count). The lowest BCUT2D eigenvalue weighted by Crippen LogP contribution is -2.69. The fraction of sp³-hybridized carbons (Fsp3) is 0.538. The Labute approximate surface area is 298 Å². The Kier molecular flexibility index (Phi) is 11.4. The SMILES string of the molecule is C=CCOC12Oc3ccc(Oc4cccc([N+](=O)[O-])c4)cc3C3C(CCCCO)C(CCCCO)C=C(C(=NOC)CC1N(C)C(=O)C1CC1)C32. The van der Waals surface area contributed by atoms with Gasteiger partial charge in [-0.05, 0) is 80.2 Å². The van der Waals surface area contributed by atoms with Crippen LogP contribution in [0.1, 0.15) is 69.3 Å². The van der Waals surface area contributed by atoms with Gasteiger partial charge < -0.3 is 34.2 Å². The molecule has 4 aliphatic rings. The largest absolute Gasteiger partial charge is 0.459 e. The highest BCUT2D eigenvalue weighted by atomic mass is 16.7. The molecule has 3 aliphatic carbocycles. The standard InChI is InChI=1S/C39H49N3O9/c1-4-20-49-39-35(41(2)38(45)25-14-15-25)24-33(40-48-3)31-21-26(10-5-7-18-43)30(13-6-8-19-44)36(37(31)39)32-23-29(16-17-34(32)51-39)50-28-12-9-11-27(22-28)42(46)47/h4,9,11-12,16-17,21-23,25-26,30,35-37,43-44H,1,5-8,10,13-15,18-20,24H2,2-3H3. The molecule has 2 aromatic carbocycles. The van der Waals surface area contributed by atoms with Gasteiger partial charge in [0.15, 0.2) is 0 Å². The molecule has 274 valence electrons. The first-order chi connectivity index (χ1) is 24.8. The summed E-state index contributed by atoms with van der Waals surface area (Å²) in [7, 11) is 3.35. The van der Waals surface area contributed by atoms with Crippen LogP contribution in [0.5, 0.6) is 17.2 Å². The highest BCUT2D eigenvalue weighted by Gasteiger charge is 2.65. The van der Waals surface area contributed by atoms with Crippen molar-refractivity contribution in [1.29, 1.82) is 0 Å².